The molecule has 1 N–H and O–H groups in total. The number of sulfonamides is 1. The minimum Gasteiger partial charge on any atom is -0.324 e. The molecule has 0 saturated carbocycles. The molecule has 0 bridgehead atoms. The second-order valence-electron chi connectivity index (χ2n) is 5.21. The molecule has 128 valence electrons. The highest BCUT2D eigenvalue weighted by Gasteiger charge is 2.29. The summed E-state index contributed by atoms with van der Waals surface area (Å²) in [7, 11) is -3.78. The van der Waals surface area contributed by atoms with Gasteiger partial charge in [0.05, 0.1) is 11.9 Å². The minimum atomic E-state index is -3.78. The van der Waals surface area contributed by atoms with Gasteiger partial charge in [0, 0.05) is 10.2 Å². The van der Waals surface area contributed by atoms with E-state index in [4.69, 9.17) is 0 Å². The van der Waals surface area contributed by atoms with Crippen LogP contribution in [0.15, 0.2) is 53.0 Å². The van der Waals surface area contributed by atoms with Gasteiger partial charge in [-0.25, -0.2) is 12.8 Å². The molecule has 0 aliphatic heterocycles. The van der Waals surface area contributed by atoms with Crippen molar-refractivity contribution < 1.29 is 17.6 Å². The molecule has 0 spiro atoms. The van der Waals surface area contributed by atoms with E-state index in [0.717, 1.165) is 21.1 Å². The van der Waals surface area contributed by atoms with Crippen LogP contribution in [-0.4, -0.2) is 26.6 Å². The lowest BCUT2D eigenvalue weighted by Gasteiger charge is -2.28. The quantitative estimate of drug-likeness (QED) is 0.815. The van der Waals surface area contributed by atoms with Crippen LogP contribution in [0.25, 0.3) is 0 Å². The van der Waals surface area contributed by atoms with E-state index in [1.807, 2.05) is 0 Å². The zero-order valence-electron chi connectivity index (χ0n) is 13.0. The topological polar surface area (TPSA) is 66.5 Å². The van der Waals surface area contributed by atoms with E-state index in [9.17, 15) is 17.6 Å². The van der Waals surface area contributed by atoms with Gasteiger partial charge in [0.25, 0.3) is 0 Å². The highest BCUT2D eigenvalue weighted by molar-refractivity contribution is 9.10. The van der Waals surface area contributed by atoms with Crippen LogP contribution in [0.4, 0.5) is 15.8 Å². The van der Waals surface area contributed by atoms with Gasteiger partial charge in [-0.1, -0.05) is 22.0 Å². The number of halogens is 2. The van der Waals surface area contributed by atoms with E-state index in [1.165, 1.54) is 25.1 Å². The van der Waals surface area contributed by atoms with Crippen LogP contribution >= 0.6 is 15.9 Å². The van der Waals surface area contributed by atoms with E-state index < -0.39 is 27.8 Å². The summed E-state index contributed by atoms with van der Waals surface area (Å²) in [4.78, 5) is 12.4. The van der Waals surface area contributed by atoms with Gasteiger partial charge in [0.15, 0.2) is 0 Å². The first kappa shape index (κ1) is 18.4. The Bertz CT molecular complexity index is 841. The molecule has 0 fully saturated rings. The van der Waals surface area contributed by atoms with Crippen LogP contribution in [0.1, 0.15) is 6.92 Å². The molecule has 0 radical (unpaired) electrons. The van der Waals surface area contributed by atoms with Gasteiger partial charge in [0.2, 0.25) is 15.9 Å². The molecule has 0 heterocycles. The van der Waals surface area contributed by atoms with Crippen molar-refractivity contribution in [3.05, 3.63) is 58.8 Å². The summed E-state index contributed by atoms with van der Waals surface area (Å²) in [5, 5.41) is 2.65. The normalized spacial score (nSPS) is 12.5. The number of anilines is 2. The Morgan fingerprint density at radius 1 is 1.21 bits per heavy atom. The molecule has 0 aliphatic carbocycles. The van der Waals surface area contributed by atoms with Crippen LogP contribution in [0.5, 0.6) is 0 Å². The molecule has 1 atom stereocenters. The van der Waals surface area contributed by atoms with Crippen molar-refractivity contribution in [2.45, 2.75) is 13.0 Å². The molecule has 2 rings (SSSR count). The number of amides is 1. The Balaban J connectivity index is 2.29. The molecule has 2 aromatic carbocycles. The smallest absolute Gasteiger partial charge is 0.247 e. The Kier molecular flexibility index (Phi) is 5.61. The predicted octanol–water partition coefficient (Wildman–Crippen LogP) is 3.38. The third-order valence-corrected chi connectivity index (χ3v) is 5.03. The van der Waals surface area contributed by atoms with Crippen molar-refractivity contribution in [1.29, 1.82) is 0 Å². The lowest BCUT2D eigenvalue weighted by molar-refractivity contribution is -0.116. The maximum atomic E-state index is 13.4. The van der Waals surface area contributed by atoms with Crippen molar-refractivity contribution in [2.24, 2.45) is 0 Å². The molecule has 24 heavy (non-hydrogen) atoms. The van der Waals surface area contributed by atoms with Gasteiger partial charge in [-0.05, 0) is 49.4 Å². The third-order valence-electron chi connectivity index (χ3n) is 3.26. The van der Waals surface area contributed by atoms with Gasteiger partial charge in [-0.3, -0.25) is 9.10 Å². The Morgan fingerprint density at radius 2 is 1.83 bits per heavy atom. The first-order valence-corrected chi connectivity index (χ1v) is 9.64. The molecule has 0 aliphatic rings. The zero-order chi connectivity index (χ0) is 17.9. The van der Waals surface area contributed by atoms with Crippen molar-refractivity contribution in [2.75, 3.05) is 15.9 Å². The Morgan fingerprint density at radius 3 is 2.38 bits per heavy atom. The average molecular weight is 415 g/mol. The summed E-state index contributed by atoms with van der Waals surface area (Å²) in [6.45, 7) is 1.44. The predicted molar refractivity (Wildman–Crippen MR) is 96.0 cm³/mol. The van der Waals surface area contributed by atoms with E-state index in [-0.39, 0.29) is 5.69 Å². The largest absolute Gasteiger partial charge is 0.324 e. The third kappa shape index (κ3) is 4.55. The van der Waals surface area contributed by atoms with Gasteiger partial charge in [0.1, 0.15) is 11.9 Å². The SMILES string of the molecule is C[C@@H](C(=O)Nc1ccc(Br)cc1)N(c1cccc(F)c1)S(C)(=O)=O. The van der Waals surface area contributed by atoms with Crippen LogP contribution in [0.3, 0.4) is 0 Å². The average Bonchev–Trinajstić information content (AvgIpc) is 2.48. The second-order valence-corrected chi connectivity index (χ2v) is 7.99. The molecule has 2 aromatic rings. The molecular weight excluding hydrogens is 399 g/mol. The molecule has 0 saturated heterocycles. The first-order chi connectivity index (χ1) is 11.2. The number of hydrogen-bond acceptors (Lipinski definition) is 3. The van der Waals surface area contributed by atoms with E-state index in [1.54, 1.807) is 24.3 Å². The summed E-state index contributed by atoms with van der Waals surface area (Å²) in [5.74, 6) is -1.10. The van der Waals surface area contributed by atoms with Crippen molar-refractivity contribution in [3.63, 3.8) is 0 Å². The number of nitrogens with zero attached hydrogens (tertiary/aromatic N) is 1. The van der Waals surface area contributed by atoms with Gasteiger partial charge < -0.3 is 5.32 Å². The number of carbonyl (C=O) groups excluding carboxylic acids is 1. The maximum absolute atomic E-state index is 13.4. The number of carbonyl (C=O) groups is 1. The highest BCUT2D eigenvalue weighted by Crippen LogP contribution is 2.22. The van der Waals surface area contributed by atoms with Crippen molar-refractivity contribution in [3.8, 4) is 0 Å². The zero-order valence-corrected chi connectivity index (χ0v) is 15.4. The highest BCUT2D eigenvalue weighted by atomic mass is 79.9. The monoisotopic (exact) mass is 414 g/mol. The van der Waals surface area contributed by atoms with Gasteiger partial charge in [-0.15, -0.1) is 0 Å². The summed E-state index contributed by atoms with van der Waals surface area (Å²) in [6, 6.07) is 10.9. The van der Waals surface area contributed by atoms with Crippen molar-refractivity contribution in [1.82, 2.24) is 0 Å². The molecule has 0 aromatic heterocycles. The number of benzene rings is 2. The molecule has 1 amide bonds. The van der Waals surface area contributed by atoms with Crippen LogP contribution in [-0.2, 0) is 14.8 Å². The van der Waals surface area contributed by atoms with E-state index >= 15 is 0 Å². The Hall–Kier alpha value is -1.93. The Labute approximate surface area is 148 Å². The van der Waals surface area contributed by atoms with E-state index in [0.29, 0.717) is 5.69 Å². The maximum Gasteiger partial charge on any atom is 0.247 e. The summed E-state index contributed by atoms with van der Waals surface area (Å²) in [6.07, 6.45) is 0.974. The molecular formula is C16H16BrFN2O3S. The summed E-state index contributed by atoms with van der Waals surface area (Å²) in [5.41, 5.74) is 0.624. The fraction of sp³-hybridized carbons (Fsp3) is 0.188. The van der Waals surface area contributed by atoms with E-state index in [2.05, 4.69) is 21.2 Å². The fourth-order valence-corrected chi connectivity index (χ4v) is 3.63. The van der Waals surface area contributed by atoms with Crippen molar-refractivity contribution >= 4 is 43.2 Å². The first-order valence-electron chi connectivity index (χ1n) is 7.00. The lowest BCUT2D eigenvalue weighted by atomic mass is 10.2. The summed E-state index contributed by atoms with van der Waals surface area (Å²) >= 11 is 3.29. The number of nitrogens with one attached hydrogen (secondary N) is 1. The van der Waals surface area contributed by atoms with Crippen LogP contribution < -0.4 is 9.62 Å². The number of rotatable bonds is 5. The van der Waals surface area contributed by atoms with Crippen LogP contribution in [0, 0.1) is 5.82 Å². The molecule has 0 unspecified atom stereocenters. The van der Waals surface area contributed by atoms with Crippen LogP contribution in [0.2, 0.25) is 0 Å². The van der Waals surface area contributed by atoms with Gasteiger partial charge in [-0.2, -0.15) is 0 Å². The minimum absolute atomic E-state index is 0.0935. The second kappa shape index (κ2) is 7.31. The fourth-order valence-electron chi connectivity index (χ4n) is 2.20. The number of hydrogen-bond donors (Lipinski definition) is 1. The molecule has 5 nitrogen and oxygen atoms in total. The summed E-state index contributed by atoms with van der Waals surface area (Å²) < 4.78 is 39.4. The molecule has 8 heteroatoms. The lowest BCUT2D eigenvalue weighted by Crippen LogP contribution is -2.45. The van der Waals surface area contributed by atoms with Gasteiger partial charge >= 0.3 is 0 Å². The standard InChI is InChI=1S/C16H16BrFN2O3S/c1-11(16(21)19-14-8-6-12(17)7-9-14)20(24(2,22)23)15-5-3-4-13(18)10-15/h3-11H,1-2H3,(H,19,21)/t11-/m0/s1.